The maximum Gasteiger partial charge on any atom is 0.165 e. The van der Waals surface area contributed by atoms with Gasteiger partial charge in [0, 0.05) is 23.2 Å². The lowest BCUT2D eigenvalue weighted by Crippen LogP contribution is -2.57. The quantitative estimate of drug-likeness (QED) is 0.487. The molecule has 4 rings (SSSR count). The van der Waals surface area contributed by atoms with Gasteiger partial charge < -0.3 is 29.7 Å². The fourth-order valence-electron chi connectivity index (χ4n) is 4.93. The number of aromatic nitrogens is 1. The van der Waals surface area contributed by atoms with Crippen LogP contribution in [0.1, 0.15) is 53.7 Å². The molecular formula is C25H28N2O6S. The molecule has 9 heteroatoms. The molecule has 1 aromatic carbocycles. The van der Waals surface area contributed by atoms with Gasteiger partial charge in [-0.05, 0) is 24.3 Å². The summed E-state index contributed by atoms with van der Waals surface area (Å²) >= 11 is 5.71. The lowest BCUT2D eigenvalue weighted by molar-refractivity contribution is -0.252. The van der Waals surface area contributed by atoms with Crippen LogP contribution in [0.2, 0.25) is 0 Å². The van der Waals surface area contributed by atoms with Crippen LogP contribution in [0.15, 0.2) is 24.3 Å². The molecule has 0 bridgehead atoms. The van der Waals surface area contributed by atoms with Gasteiger partial charge >= 0.3 is 0 Å². The van der Waals surface area contributed by atoms with E-state index in [2.05, 4.69) is 6.07 Å². The Bertz CT molecular complexity index is 1230. The van der Waals surface area contributed by atoms with Gasteiger partial charge in [-0.3, -0.25) is 4.79 Å². The predicted octanol–water partition coefficient (Wildman–Crippen LogP) is 2.19. The number of fused-ring (bicyclic) bond motifs is 1. The van der Waals surface area contributed by atoms with E-state index in [4.69, 9.17) is 17.0 Å². The highest BCUT2D eigenvalue weighted by Gasteiger charge is 2.46. The smallest absolute Gasteiger partial charge is 0.165 e. The molecule has 8 nitrogen and oxygen atoms in total. The number of benzene rings is 1. The predicted molar refractivity (Wildman–Crippen MR) is 126 cm³/mol. The number of nitriles is 1. The summed E-state index contributed by atoms with van der Waals surface area (Å²) in [7, 11) is 0. The minimum Gasteiger partial charge on any atom is -0.394 e. The van der Waals surface area contributed by atoms with Crippen molar-refractivity contribution in [1.82, 2.24) is 4.57 Å². The Labute approximate surface area is 202 Å². The normalized spacial score (nSPS) is 28.3. The van der Waals surface area contributed by atoms with Crippen LogP contribution in [0, 0.1) is 28.3 Å². The summed E-state index contributed by atoms with van der Waals surface area (Å²) < 4.78 is 7.26. The van der Waals surface area contributed by atoms with Crippen LogP contribution in [0.5, 0.6) is 0 Å². The Kier molecular flexibility index (Phi) is 6.50. The van der Waals surface area contributed by atoms with Gasteiger partial charge in [0.05, 0.1) is 12.2 Å². The molecule has 2 heterocycles. The molecule has 4 N–H and O–H groups in total. The maximum atomic E-state index is 13.5. The molecule has 1 aliphatic carbocycles. The van der Waals surface area contributed by atoms with E-state index in [0.717, 1.165) is 5.56 Å². The minimum atomic E-state index is -1.62. The van der Waals surface area contributed by atoms with Crippen LogP contribution >= 0.6 is 12.2 Å². The third-order valence-electron chi connectivity index (χ3n) is 6.65. The van der Waals surface area contributed by atoms with E-state index in [1.807, 2.05) is 45.0 Å². The molecule has 0 radical (unpaired) electrons. The number of ether oxygens (including phenoxy) is 1. The van der Waals surface area contributed by atoms with Crippen LogP contribution in [0.25, 0.3) is 11.1 Å². The molecule has 0 unspecified atom stereocenters. The van der Waals surface area contributed by atoms with Crippen molar-refractivity contribution in [3.05, 3.63) is 51.3 Å². The second-order valence-corrected chi connectivity index (χ2v) is 10.3. The zero-order chi connectivity index (χ0) is 24.9. The summed E-state index contributed by atoms with van der Waals surface area (Å²) in [6.07, 6.45) is -6.57. The first-order valence-electron chi connectivity index (χ1n) is 11.1. The van der Waals surface area contributed by atoms with Gasteiger partial charge in [-0.1, -0.05) is 55.9 Å². The van der Waals surface area contributed by atoms with E-state index in [9.17, 15) is 30.5 Å². The Balaban J connectivity index is 2.06. The molecule has 180 valence electrons. The van der Waals surface area contributed by atoms with Crippen molar-refractivity contribution in [1.29, 1.82) is 5.26 Å². The Morgan fingerprint density at radius 2 is 1.76 bits per heavy atom. The van der Waals surface area contributed by atoms with E-state index in [-0.39, 0.29) is 22.4 Å². The minimum absolute atomic E-state index is 0.0478. The van der Waals surface area contributed by atoms with Crippen molar-refractivity contribution in [2.45, 2.75) is 64.3 Å². The highest BCUT2D eigenvalue weighted by Crippen LogP contribution is 2.43. The van der Waals surface area contributed by atoms with Crippen molar-refractivity contribution in [3.8, 4) is 17.2 Å². The zero-order valence-corrected chi connectivity index (χ0v) is 20.0. The highest BCUT2D eigenvalue weighted by molar-refractivity contribution is 7.71. The Hall–Kier alpha value is -2.45. The fourth-order valence-corrected chi connectivity index (χ4v) is 5.29. The van der Waals surface area contributed by atoms with Gasteiger partial charge in [0.1, 0.15) is 35.1 Å². The molecule has 1 fully saturated rings. The standard InChI is InChI=1S/C25H28N2O6S/c1-12-4-6-13(7-5-12)18-14(10-26)24(34)27(15-8-25(2,3)9-16(29)19(15)18)23-22(32)21(31)20(30)17(11-28)33-23/h4-7,17,20-23,28,30-32H,8-9,11H2,1-3H3/t17-,20+,21+,22-,23+/m0/s1. The number of hydrogen-bond donors (Lipinski definition) is 4. The van der Waals surface area contributed by atoms with Crippen molar-refractivity contribution in [2.24, 2.45) is 5.41 Å². The number of pyridine rings is 1. The monoisotopic (exact) mass is 484 g/mol. The summed E-state index contributed by atoms with van der Waals surface area (Å²) in [4.78, 5) is 13.5. The summed E-state index contributed by atoms with van der Waals surface area (Å²) in [5.41, 5.74) is 2.63. The largest absolute Gasteiger partial charge is 0.394 e. The number of nitrogens with zero attached hydrogens (tertiary/aromatic N) is 2. The Morgan fingerprint density at radius 3 is 2.35 bits per heavy atom. The zero-order valence-electron chi connectivity index (χ0n) is 19.2. The van der Waals surface area contributed by atoms with Gasteiger partial charge in [0.25, 0.3) is 0 Å². The van der Waals surface area contributed by atoms with Crippen LogP contribution in [-0.4, -0.2) is 61.8 Å². The third-order valence-corrected chi connectivity index (χ3v) is 7.05. The van der Waals surface area contributed by atoms with Gasteiger partial charge in [0.2, 0.25) is 0 Å². The van der Waals surface area contributed by atoms with Gasteiger partial charge in [-0.2, -0.15) is 5.26 Å². The summed E-state index contributed by atoms with van der Waals surface area (Å²) in [5, 5.41) is 51.2. The molecule has 34 heavy (non-hydrogen) atoms. The first kappa shape index (κ1) is 24.7. The molecule has 0 spiro atoms. The molecule has 0 amide bonds. The van der Waals surface area contributed by atoms with Crippen molar-refractivity contribution >= 4 is 18.0 Å². The highest BCUT2D eigenvalue weighted by atomic mass is 32.1. The number of aryl methyl sites for hydroxylation is 1. The molecule has 5 atom stereocenters. The molecule has 2 aromatic rings. The van der Waals surface area contributed by atoms with Crippen molar-refractivity contribution in [3.63, 3.8) is 0 Å². The molecule has 0 saturated carbocycles. The van der Waals surface area contributed by atoms with Crippen molar-refractivity contribution < 1.29 is 30.0 Å². The fraction of sp³-hybridized carbons (Fsp3) is 0.480. The van der Waals surface area contributed by atoms with Crippen LogP contribution < -0.4 is 0 Å². The van der Waals surface area contributed by atoms with Crippen LogP contribution in [0.3, 0.4) is 0 Å². The molecule has 1 aliphatic heterocycles. The van der Waals surface area contributed by atoms with Gasteiger partial charge in [-0.15, -0.1) is 0 Å². The summed E-state index contributed by atoms with van der Waals surface area (Å²) in [5.74, 6) is -0.160. The van der Waals surface area contributed by atoms with E-state index in [1.165, 1.54) is 4.57 Å². The molecular weight excluding hydrogens is 456 g/mol. The Morgan fingerprint density at radius 1 is 1.12 bits per heavy atom. The van der Waals surface area contributed by atoms with Gasteiger partial charge in [0.15, 0.2) is 12.0 Å². The van der Waals surface area contributed by atoms with Crippen LogP contribution in [0.4, 0.5) is 0 Å². The second kappa shape index (κ2) is 8.96. The summed E-state index contributed by atoms with van der Waals surface area (Å²) in [6.45, 7) is 5.22. The number of aliphatic hydroxyl groups is 4. The third kappa shape index (κ3) is 4.01. The maximum absolute atomic E-state index is 13.5. The number of carbonyl (C=O) groups is 1. The lowest BCUT2D eigenvalue weighted by atomic mass is 9.73. The average Bonchev–Trinajstić information content (AvgIpc) is 2.77. The van der Waals surface area contributed by atoms with E-state index < -0.39 is 42.7 Å². The van der Waals surface area contributed by atoms with Crippen LogP contribution in [-0.2, 0) is 11.2 Å². The lowest BCUT2D eigenvalue weighted by Gasteiger charge is -2.43. The number of carbonyl (C=O) groups excluding carboxylic acids is 1. The first-order chi connectivity index (χ1) is 16.0. The topological polar surface area (TPSA) is 136 Å². The molecule has 1 saturated heterocycles. The second-order valence-electron chi connectivity index (χ2n) is 9.89. The SMILES string of the molecule is Cc1ccc(-c2c3c(n([C@@H]4O[C@@H](CO)[C@@H](O)[C@@H](O)[C@@H]4O)c(=S)c2C#N)CC(C)(C)CC3=O)cc1. The number of hydrogen-bond acceptors (Lipinski definition) is 8. The summed E-state index contributed by atoms with van der Waals surface area (Å²) in [6, 6.07) is 9.59. The van der Waals surface area contributed by atoms with E-state index >= 15 is 0 Å². The number of rotatable bonds is 3. The van der Waals surface area contributed by atoms with E-state index in [0.29, 0.717) is 28.8 Å². The first-order valence-corrected chi connectivity index (χ1v) is 11.5. The van der Waals surface area contributed by atoms with Gasteiger partial charge in [-0.25, -0.2) is 0 Å². The number of ketones is 1. The van der Waals surface area contributed by atoms with E-state index in [1.54, 1.807) is 0 Å². The van der Waals surface area contributed by atoms with Crippen molar-refractivity contribution in [2.75, 3.05) is 6.61 Å². The molecule has 1 aromatic heterocycles. The number of Topliss-reactive ketones (excluding diaryl/α,β-unsaturated/α-hetero) is 1. The molecule has 2 aliphatic rings. The average molecular weight is 485 g/mol. The number of aliphatic hydroxyl groups excluding tert-OH is 4.